The molecule has 1 amide bonds. The van der Waals surface area contributed by atoms with Crippen LogP contribution in [0.1, 0.15) is 17.4 Å². The number of fused-ring (bicyclic) bond motifs is 1. The van der Waals surface area contributed by atoms with E-state index in [9.17, 15) is 9.59 Å². The number of aromatic amines is 2. The molecule has 0 radical (unpaired) electrons. The molecule has 3 aromatic heterocycles. The first kappa shape index (κ1) is 18.0. The Morgan fingerprint density at radius 3 is 2.71 bits per heavy atom. The SMILES string of the molecule is CCNC(=O)c1cc2c(-c3cc(-c4ccccc4Cl)[nH]c(=O)c3)ccnc2[nH]1. The van der Waals surface area contributed by atoms with Crippen molar-refractivity contribution in [1.82, 2.24) is 20.3 Å². The van der Waals surface area contributed by atoms with Gasteiger partial charge in [-0.1, -0.05) is 29.8 Å². The van der Waals surface area contributed by atoms with Gasteiger partial charge in [0.05, 0.1) is 5.69 Å². The maximum Gasteiger partial charge on any atom is 0.267 e. The minimum atomic E-state index is -0.239. The molecule has 0 unspecified atom stereocenters. The first-order valence-corrected chi connectivity index (χ1v) is 9.20. The summed E-state index contributed by atoms with van der Waals surface area (Å²) in [7, 11) is 0. The van der Waals surface area contributed by atoms with Gasteiger partial charge in [0.1, 0.15) is 11.3 Å². The second-order valence-corrected chi connectivity index (χ2v) is 6.70. The average molecular weight is 393 g/mol. The fraction of sp³-hybridized carbons (Fsp3) is 0.0952. The summed E-state index contributed by atoms with van der Waals surface area (Å²) in [6, 6.07) is 14.3. The lowest BCUT2D eigenvalue weighted by Crippen LogP contribution is -2.22. The molecule has 0 bridgehead atoms. The van der Waals surface area contributed by atoms with Crippen molar-refractivity contribution < 1.29 is 4.79 Å². The Kier molecular flexibility index (Phi) is 4.71. The van der Waals surface area contributed by atoms with Crippen molar-refractivity contribution in [1.29, 1.82) is 0 Å². The minimum Gasteiger partial charge on any atom is -0.351 e. The third kappa shape index (κ3) is 3.30. The number of carbonyl (C=O) groups is 1. The molecule has 0 aliphatic carbocycles. The lowest BCUT2D eigenvalue weighted by Gasteiger charge is -2.08. The summed E-state index contributed by atoms with van der Waals surface area (Å²) in [5, 5.41) is 4.07. The predicted molar refractivity (Wildman–Crippen MR) is 111 cm³/mol. The monoisotopic (exact) mass is 392 g/mol. The smallest absolute Gasteiger partial charge is 0.267 e. The number of amides is 1. The van der Waals surface area contributed by atoms with E-state index in [1.807, 2.05) is 37.3 Å². The van der Waals surface area contributed by atoms with Crippen LogP contribution in [0.25, 0.3) is 33.4 Å². The molecule has 28 heavy (non-hydrogen) atoms. The number of nitrogens with one attached hydrogen (secondary N) is 3. The lowest BCUT2D eigenvalue weighted by atomic mass is 10.0. The number of H-pyrrole nitrogens is 2. The quantitative estimate of drug-likeness (QED) is 0.490. The Hall–Kier alpha value is -3.38. The summed E-state index contributed by atoms with van der Waals surface area (Å²) in [5.41, 5.74) is 3.65. The minimum absolute atomic E-state index is 0.200. The largest absolute Gasteiger partial charge is 0.351 e. The van der Waals surface area contributed by atoms with Gasteiger partial charge in [-0.15, -0.1) is 0 Å². The highest BCUT2D eigenvalue weighted by molar-refractivity contribution is 6.33. The first-order chi connectivity index (χ1) is 13.6. The molecule has 1 aromatic carbocycles. The van der Waals surface area contributed by atoms with Gasteiger partial charge in [-0.25, -0.2) is 4.98 Å². The van der Waals surface area contributed by atoms with Gasteiger partial charge < -0.3 is 15.3 Å². The number of nitrogens with zero attached hydrogens (tertiary/aromatic N) is 1. The summed E-state index contributed by atoms with van der Waals surface area (Å²) >= 11 is 6.29. The van der Waals surface area contributed by atoms with Crippen molar-refractivity contribution in [2.24, 2.45) is 0 Å². The standard InChI is InChI=1S/C21H17ClN4O2/c1-2-23-21(28)18-11-15-13(7-8-24-20(15)26-18)12-9-17(25-19(27)10-12)14-5-3-4-6-16(14)22/h3-11H,2H2,1H3,(H,23,28)(H,24,26)(H,25,27). The van der Waals surface area contributed by atoms with E-state index in [-0.39, 0.29) is 11.5 Å². The number of carbonyl (C=O) groups excluding carboxylic acids is 1. The molecule has 0 atom stereocenters. The van der Waals surface area contributed by atoms with Crippen LogP contribution in [0, 0.1) is 0 Å². The van der Waals surface area contributed by atoms with Crippen LogP contribution in [0.2, 0.25) is 5.02 Å². The molecule has 0 saturated carbocycles. The number of aromatic nitrogens is 3. The van der Waals surface area contributed by atoms with Crippen molar-refractivity contribution in [3.8, 4) is 22.4 Å². The fourth-order valence-electron chi connectivity index (χ4n) is 3.18. The number of hydrogen-bond donors (Lipinski definition) is 3. The topological polar surface area (TPSA) is 90.6 Å². The second kappa shape index (κ2) is 7.32. The highest BCUT2D eigenvalue weighted by Crippen LogP contribution is 2.31. The lowest BCUT2D eigenvalue weighted by molar-refractivity contribution is 0.0951. The fourth-order valence-corrected chi connectivity index (χ4v) is 3.42. The predicted octanol–water partition coefficient (Wildman–Crippen LogP) is 3.99. The number of rotatable bonds is 4. The highest BCUT2D eigenvalue weighted by atomic mass is 35.5. The van der Waals surface area contributed by atoms with Crippen LogP contribution in [-0.2, 0) is 0 Å². The molecule has 0 saturated heterocycles. The Bertz CT molecular complexity index is 1240. The number of hydrogen-bond acceptors (Lipinski definition) is 3. The van der Waals surface area contributed by atoms with Gasteiger partial charge in [0.2, 0.25) is 5.56 Å². The molecule has 6 nitrogen and oxygen atoms in total. The van der Waals surface area contributed by atoms with Crippen LogP contribution in [-0.4, -0.2) is 27.4 Å². The third-order valence-electron chi connectivity index (χ3n) is 4.43. The molecule has 3 heterocycles. The van der Waals surface area contributed by atoms with Gasteiger partial charge in [-0.3, -0.25) is 9.59 Å². The van der Waals surface area contributed by atoms with E-state index in [1.54, 1.807) is 18.3 Å². The Labute approximate surface area is 165 Å². The highest BCUT2D eigenvalue weighted by Gasteiger charge is 2.14. The zero-order valence-electron chi connectivity index (χ0n) is 15.0. The summed E-state index contributed by atoms with van der Waals surface area (Å²) in [4.78, 5) is 34.6. The van der Waals surface area contributed by atoms with E-state index < -0.39 is 0 Å². The first-order valence-electron chi connectivity index (χ1n) is 8.82. The van der Waals surface area contributed by atoms with Crippen molar-refractivity contribution in [3.63, 3.8) is 0 Å². The molecule has 3 N–H and O–H groups in total. The summed E-state index contributed by atoms with van der Waals surface area (Å²) < 4.78 is 0. The molecule has 4 rings (SSSR count). The molecule has 0 fully saturated rings. The molecule has 140 valence electrons. The molecular formula is C21H17ClN4O2. The van der Waals surface area contributed by atoms with Gasteiger partial charge in [-0.2, -0.15) is 0 Å². The van der Waals surface area contributed by atoms with Gasteiger partial charge >= 0.3 is 0 Å². The third-order valence-corrected chi connectivity index (χ3v) is 4.76. The van der Waals surface area contributed by atoms with E-state index in [1.165, 1.54) is 6.07 Å². The van der Waals surface area contributed by atoms with Crippen LogP contribution in [0.5, 0.6) is 0 Å². The molecule has 7 heteroatoms. The summed E-state index contributed by atoms with van der Waals surface area (Å²) in [5.74, 6) is -0.200. The van der Waals surface area contributed by atoms with E-state index in [0.29, 0.717) is 34.2 Å². The molecule has 4 aromatic rings. The maximum atomic E-state index is 12.3. The van der Waals surface area contributed by atoms with Crippen molar-refractivity contribution in [3.05, 3.63) is 75.8 Å². The van der Waals surface area contributed by atoms with Gasteiger partial charge in [0.15, 0.2) is 0 Å². The van der Waals surface area contributed by atoms with Crippen LogP contribution in [0.15, 0.2) is 59.5 Å². The molecule has 0 aliphatic heterocycles. The van der Waals surface area contributed by atoms with Gasteiger partial charge in [-0.05, 0) is 42.3 Å². The maximum absolute atomic E-state index is 12.3. The second-order valence-electron chi connectivity index (χ2n) is 6.29. The van der Waals surface area contributed by atoms with E-state index in [2.05, 4.69) is 20.3 Å². The normalized spacial score (nSPS) is 10.9. The zero-order chi connectivity index (χ0) is 19.7. The van der Waals surface area contributed by atoms with Crippen molar-refractivity contribution >= 4 is 28.5 Å². The van der Waals surface area contributed by atoms with E-state index in [0.717, 1.165) is 16.5 Å². The van der Waals surface area contributed by atoms with Crippen LogP contribution in [0.3, 0.4) is 0 Å². The number of benzene rings is 1. The van der Waals surface area contributed by atoms with E-state index >= 15 is 0 Å². The van der Waals surface area contributed by atoms with Gasteiger partial charge in [0, 0.05) is 34.8 Å². The van der Waals surface area contributed by atoms with Crippen LogP contribution in [0.4, 0.5) is 0 Å². The number of pyridine rings is 2. The Balaban J connectivity index is 1.88. The zero-order valence-corrected chi connectivity index (χ0v) is 15.8. The van der Waals surface area contributed by atoms with Gasteiger partial charge in [0.25, 0.3) is 5.91 Å². The Morgan fingerprint density at radius 1 is 1.11 bits per heavy atom. The number of halogens is 1. The van der Waals surface area contributed by atoms with Crippen molar-refractivity contribution in [2.75, 3.05) is 6.54 Å². The van der Waals surface area contributed by atoms with Crippen molar-refractivity contribution in [2.45, 2.75) is 6.92 Å². The summed E-state index contributed by atoms with van der Waals surface area (Å²) in [6.45, 7) is 2.39. The molecule has 0 spiro atoms. The summed E-state index contributed by atoms with van der Waals surface area (Å²) in [6.07, 6.45) is 1.64. The molecular weight excluding hydrogens is 376 g/mol. The van der Waals surface area contributed by atoms with Crippen LogP contribution < -0.4 is 10.9 Å². The average Bonchev–Trinajstić information content (AvgIpc) is 3.12. The van der Waals surface area contributed by atoms with E-state index in [4.69, 9.17) is 11.6 Å². The van der Waals surface area contributed by atoms with Crippen LogP contribution >= 0.6 is 11.6 Å². The molecule has 0 aliphatic rings. The Morgan fingerprint density at radius 2 is 1.93 bits per heavy atom.